The molecule has 0 aliphatic heterocycles. The predicted molar refractivity (Wildman–Crippen MR) is 147 cm³/mol. The van der Waals surface area contributed by atoms with Gasteiger partial charge in [0, 0.05) is 23.7 Å². The Morgan fingerprint density at radius 2 is 1.78 bits per heavy atom. The summed E-state index contributed by atoms with van der Waals surface area (Å²) < 4.78 is 1.65. The summed E-state index contributed by atoms with van der Waals surface area (Å²) in [5, 5.41) is 11.2. The van der Waals surface area contributed by atoms with E-state index in [4.69, 9.17) is 16.7 Å². The van der Waals surface area contributed by atoms with E-state index in [0.717, 1.165) is 35.3 Å². The van der Waals surface area contributed by atoms with E-state index >= 15 is 0 Å². The Labute approximate surface area is 218 Å². The second-order valence-corrected chi connectivity index (χ2v) is 10.5. The topological polar surface area (TPSA) is 79.3 Å². The van der Waals surface area contributed by atoms with E-state index in [2.05, 4.69) is 38.3 Å². The van der Waals surface area contributed by atoms with Gasteiger partial charge in [0.05, 0.1) is 16.4 Å². The quantitative estimate of drug-likeness (QED) is 0.354. The Morgan fingerprint density at radius 3 is 2.42 bits per heavy atom. The molecule has 2 aromatic carbocycles. The minimum absolute atomic E-state index is 0.0880. The minimum atomic E-state index is -0.310. The molecule has 36 heavy (non-hydrogen) atoms. The maximum absolute atomic E-state index is 13.2. The van der Waals surface area contributed by atoms with Gasteiger partial charge in [-0.05, 0) is 44.0 Å². The molecule has 0 saturated heterocycles. The smallest absolute Gasteiger partial charge is 0.315 e. The van der Waals surface area contributed by atoms with Crippen molar-refractivity contribution in [2.45, 2.75) is 59.8 Å². The van der Waals surface area contributed by atoms with Crippen LogP contribution < -0.4 is 10.6 Å². The fourth-order valence-corrected chi connectivity index (χ4v) is 3.96. The summed E-state index contributed by atoms with van der Waals surface area (Å²) in [4.78, 5) is 27.8. The number of urea groups is 1. The van der Waals surface area contributed by atoms with Gasteiger partial charge >= 0.3 is 6.03 Å². The van der Waals surface area contributed by atoms with Crippen LogP contribution in [0.15, 0.2) is 48.5 Å². The molecule has 3 rings (SSSR count). The first-order valence-electron chi connectivity index (χ1n) is 12.3. The van der Waals surface area contributed by atoms with Crippen molar-refractivity contribution in [3.63, 3.8) is 0 Å². The number of hydrogen-bond donors (Lipinski definition) is 2. The lowest BCUT2D eigenvalue weighted by atomic mass is 9.92. The molecule has 1 aromatic heterocycles. The number of unbranched alkanes of at least 4 members (excludes halogenated alkanes) is 1. The van der Waals surface area contributed by atoms with Crippen LogP contribution >= 0.6 is 11.6 Å². The maximum atomic E-state index is 13.2. The van der Waals surface area contributed by atoms with Crippen molar-refractivity contribution < 1.29 is 9.59 Å². The number of rotatable bonds is 8. The summed E-state index contributed by atoms with van der Waals surface area (Å²) in [6, 6.07) is 14.8. The van der Waals surface area contributed by atoms with Crippen LogP contribution in [0.2, 0.25) is 5.02 Å². The van der Waals surface area contributed by atoms with Gasteiger partial charge in [-0.1, -0.05) is 75.5 Å². The van der Waals surface area contributed by atoms with Crippen LogP contribution in [0.25, 0.3) is 5.69 Å². The molecule has 0 bridgehead atoms. The Kier molecular flexibility index (Phi) is 8.79. The molecule has 0 unspecified atom stereocenters. The molecule has 0 aliphatic carbocycles. The van der Waals surface area contributed by atoms with Gasteiger partial charge in [0.25, 0.3) is 0 Å². The predicted octanol–water partition coefficient (Wildman–Crippen LogP) is 6.71. The zero-order valence-electron chi connectivity index (χ0n) is 22.0. The highest BCUT2D eigenvalue weighted by molar-refractivity contribution is 6.32. The van der Waals surface area contributed by atoms with E-state index in [1.807, 2.05) is 56.3 Å². The van der Waals surface area contributed by atoms with Gasteiger partial charge in [-0.3, -0.25) is 4.79 Å². The van der Waals surface area contributed by atoms with Crippen LogP contribution in [0.1, 0.15) is 57.4 Å². The number of benzene rings is 2. The zero-order chi connectivity index (χ0) is 26.5. The van der Waals surface area contributed by atoms with Crippen molar-refractivity contribution in [3.05, 3.63) is 70.4 Å². The Balaban J connectivity index is 1.82. The summed E-state index contributed by atoms with van der Waals surface area (Å²) in [5.74, 6) is 0.193. The van der Waals surface area contributed by atoms with E-state index in [0.29, 0.717) is 23.1 Å². The van der Waals surface area contributed by atoms with Gasteiger partial charge < -0.3 is 15.5 Å². The molecule has 0 atom stereocenters. The number of nitrogens with zero attached hydrogens (tertiary/aromatic N) is 3. The molecule has 2 N–H and O–H groups in total. The third-order valence-electron chi connectivity index (χ3n) is 5.85. The van der Waals surface area contributed by atoms with Crippen molar-refractivity contribution >= 4 is 35.0 Å². The molecule has 0 fully saturated rings. The van der Waals surface area contributed by atoms with E-state index in [1.165, 1.54) is 0 Å². The van der Waals surface area contributed by atoms with Crippen LogP contribution in [0, 0.1) is 13.8 Å². The molecule has 7 nitrogen and oxygen atoms in total. The van der Waals surface area contributed by atoms with Crippen molar-refractivity contribution in [2.24, 2.45) is 0 Å². The molecule has 3 aromatic rings. The Morgan fingerprint density at radius 1 is 1.06 bits per heavy atom. The number of carbonyl (C=O) groups is 2. The fraction of sp³-hybridized carbons (Fsp3) is 0.393. The van der Waals surface area contributed by atoms with Crippen molar-refractivity contribution in [2.75, 3.05) is 23.7 Å². The zero-order valence-corrected chi connectivity index (χ0v) is 22.7. The molecular weight excluding hydrogens is 474 g/mol. The number of carbonyl (C=O) groups excluding carboxylic acids is 2. The number of para-hydroxylation sites is 1. The lowest BCUT2D eigenvalue weighted by molar-refractivity contribution is -0.116. The van der Waals surface area contributed by atoms with Crippen LogP contribution in [0.5, 0.6) is 0 Å². The molecule has 0 spiro atoms. The second-order valence-electron chi connectivity index (χ2n) is 10.1. The first kappa shape index (κ1) is 27.3. The number of amides is 3. The van der Waals surface area contributed by atoms with Crippen molar-refractivity contribution in [1.29, 1.82) is 0 Å². The molecule has 0 saturated carbocycles. The third-order valence-corrected chi connectivity index (χ3v) is 6.17. The van der Waals surface area contributed by atoms with Crippen LogP contribution in [0.4, 0.5) is 16.3 Å². The Bertz CT molecular complexity index is 1230. The van der Waals surface area contributed by atoms with Crippen LogP contribution in [-0.4, -0.2) is 39.7 Å². The Hall–Kier alpha value is -3.32. The van der Waals surface area contributed by atoms with Gasteiger partial charge in [-0.15, -0.1) is 0 Å². The van der Waals surface area contributed by atoms with Crippen LogP contribution in [0.3, 0.4) is 0 Å². The first-order valence-corrected chi connectivity index (χ1v) is 12.7. The normalized spacial score (nSPS) is 11.3. The van der Waals surface area contributed by atoms with E-state index < -0.39 is 0 Å². The van der Waals surface area contributed by atoms with Crippen molar-refractivity contribution in [3.8, 4) is 5.69 Å². The lowest BCUT2D eigenvalue weighted by Crippen LogP contribution is -2.41. The fourth-order valence-electron chi connectivity index (χ4n) is 3.75. The van der Waals surface area contributed by atoms with E-state index in [-0.39, 0.29) is 23.9 Å². The molecular formula is C28H36ClN5O2. The average Bonchev–Trinajstić information content (AvgIpc) is 3.22. The van der Waals surface area contributed by atoms with Gasteiger partial charge in [-0.2, -0.15) is 5.10 Å². The number of halogens is 1. The van der Waals surface area contributed by atoms with E-state index in [9.17, 15) is 9.59 Å². The summed E-state index contributed by atoms with van der Waals surface area (Å²) >= 11 is 6.44. The van der Waals surface area contributed by atoms with Gasteiger partial charge in [0.2, 0.25) is 5.91 Å². The van der Waals surface area contributed by atoms with Gasteiger partial charge in [-0.25, -0.2) is 9.48 Å². The monoisotopic (exact) mass is 509 g/mol. The molecule has 0 radical (unpaired) electrons. The highest BCUT2D eigenvalue weighted by Crippen LogP contribution is 2.29. The molecule has 192 valence electrons. The summed E-state index contributed by atoms with van der Waals surface area (Å²) in [6.07, 6.45) is 1.70. The number of hydrogen-bond acceptors (Lipinski definition) is 3. The second kappa shape index (κ2) is 11.6. The molecule has 1 heterocycles. The standard InChI is InChI=1S/C28H36ClN5O2/c1-7-8-15-33(27(36)30-22-14-13-19(2)16-20(22)3)18-26(35)31-25-17-24(28(4,5)6)32-34(25)23-12-10-9-11-21(23)29/h9-14,16-17H,7-8,15,18H2,1-6H3,(H,30,36)(H,31,35). The maximum Gasteiger partial charge on any atom is 0.322 e. The average molecular weight is 510 g/mol. The van der Waals surface area contributed by atoms with Gasteiger partial charge in [0.15, 0.2) is 0 Å². The number of aryl methyl sites for hydroxylation is 2. The number of anilines is 2. The molecule has 0 aliphatic rings. The van der Waals surface area contributed by atoms with E-state index in [1.54, 1.807) is 15.6 Å². The summed E-state index contributed by atoms with van der Waals surface area (Å²) in [6.45, 7) is 12.6. The largest absolute Gasteiger partial charge is 0.322 e. The molecule has 8 heteroatoms. The summed E-state index contributed by atoms with van der Waals surface area (Å²) in [5.41, 5.74) is 4.08. The number of nitrogens with one attached hydrogen (secondary N) is 2. The highest BCUT2D eigenvalue weighted by Gasteiger charge is 2.24. The molecule has 3 amide bonds. The first-order chi connectivity index (χ1) is 17.0. The summed E-state index contributed by atoms with van der Waals surface area (Å²) in [7, 11) is 0. The lowest BCUT2D eigenvalue weighted by Gasteiger charge is -2.23. The number of aromatic nitrogens is 2. The van der Waals surface area contributed by atoms with Gasteiger partial charge in [0.1, 0.15) is 12.4 Å². The highest BCUT2D eigenvalue weighted by atomic mass is 35.5. The van der Waals surface area contributed by atoms with Crippen molar-refractivity contribution in [1.82, 2.24) is 14.7 Å². The minimum Gasteiger partial charge on any atom is -0.315 e. The SMILES string of the molecule is CCCCN(CC(=O)Nc1cc(C(C)(C)C)nn1-c1ccccc1Cl)C(=O)Nc1ccc(C)cc1C. The third kappa shape index (κ3) is 6.88. The van der Waals surface area contributed by atoms with Crippen LogP contribution in [-0.2, 0) is 10.2 Å².